The molecule has 0 saturated carbocycles. The van der Waals surface area contributed by atoms with Crippen molar-refractivity contribution in [1.82, 2.24) is 5.32 Å². The average molecular weight is 255 g/mol. The average Bonchev–Trinajstić information content (AvgIpc) is 3.01. The Kier molecular flexibility index (Phi) is 4.53. The minimum atomic E-state index is -0.357. The lowest BCUT2D eigenvalue weighted by Gasteiger charge is -2.21. The molecular formula is C12H17NO3S. The fourth-order valence-electron chi connectivity index (χ4n) is 1.98. The molecule has 4 nitrogen and oxygen atoms in total. The van der Waals surface area contributed by atoms with Crippen molar-refractivity contribution < 1.29 is 14.3 Å². The number of methoxy groups -OCH3 is 1. The highest BCUT2D eigenvalue weighted by Crippen LogP contribution is 2.17. The number of carbonyl (C=O) groups is 1. The van der Waals surface area contributed by atoms with Crippen LogP contribution in [0.4, 0.5) is 0 Å². The molecule has 0 amide bonds. The van der Waals surface area contributed by atoms with Gasteiger partial charge in [-0.1, -0.05) is 6.07 Å². The third kappa shape index (κ3) is 3.28. The van der Waals surface area contributed by atoms with Gasteiger partial charge in [-0.15, -0.1) is 11.3 Å². The molecule has 2 heterocycles. The van der Waals surface area contributed by atoms with Gasteiger partial charge in [0.1, 0.15) is 6.04 Å². The van der Waals surface area contributed by atoms with E-state index in [1.54, 1.807) is 11.3 Å². The van der Waals surface area contributed by atoms with Crippen molar-refractivity contribution in [2.45, 2.75) is 31.5 Å². The van der Waals surface area contributed by atoms with Crippen molar-refractivity contribution in [2.24, 2.45) is 0 Å². The van der Waals surface area contributed by atoms with Crippen LogP contribution in [0.15, 0.2) is 17.5 Å². The molecule has 1 fully saturated rings. The third-order valence-electron chi connectivity index (χ3n) is 2.87. The summed E-state index contributed by atoms with van der Waals surface area (Å²) in [6, 6.07) is 3.69. The summed E-state index contributed by atoms with van der Waals surface area (Å²) in [5.41, 5.74) is 0. The van der Waals surface area contributed by atoms with Gasteiger partial charge >= 0.3 is 5.97 Å². The van der Waals surface area contributed by atoms with Crippen molar-refractivity contribution in [1.29, 1.82) is 0 Å². The molecule has 1 aliphatic rings. The van der Waals surface area contributed by atoms with E-state index in [0.29, 0.717) is 6.54 Å². The molecular weight excluding hydrogens is 238 g/mol. The van der Waals surface area contributed by atoms with Gasteiger partial charge in [0.15, 0.2) is 0 Å². The van der Waals surface area contributed by atoms with Crippen LogP contribution in [-0.4, -0.2) is 31.8 Å². The summed E-state index contributed by atoms with van der Waals surface area (Å²) in [6.07, 6.45) is 1.87. The van der Waals surface area contributed by atoms with E-state index in [1.165, 1.54) is 12.0 Å². The normalized spacial score (nSPS) is 21.4. The van der Waals surface area contributed by atoms with Crippen LogP contribution in [0.5, 0.6) is 0 Å². The van der Waals surface area contributed by atoms with Crippen LogP contribution in [0.3, 0.4) is 0 Å². The van der Waals surface area contributed by atoms with Crippen LogP contribution in [0.25, 0.3) is 0 Å². The number of esters is 1. The molecule has 2 atom stereocenters. The molecule has 1 saturated heterocycles. The van der Waals surface area contributed by atoms with Crippen molar-refractivity contribution in [3.05, 3.63) is 22.4 Å². The van der Waals surface area contributed by atoms with Crippen LogP contribution >= 0.6 is 11.3 Å². The van der Waals surface area contributed by atoms with Gasteiger partial charge in [-0.25, -0.2) is 0 Å². The standard InChI is InChI=1S/C12H17NO3S/c1-15-12(14)11(10-5-2-6-16-10)13-8-9-4-3-7-17-9/h3-4,7,10-11,13H,2,5-6,8H2,1H3. The molecule has 94 valence electrons. The highest BCUT2D eigenvalue weighted by Gasteiger charge is 2.32. The number of rotatable bonds is 5. The predicted molar refractivity (Wildman–Crippen MR) is 65.9 cm³/mol. The number of ether oxygens (including phenoxy) is 2. The predicted octanol–water partition coefficient (Wildman–Crippen LogP) is 1.56. The Hall–Kier alpha value is -0.910. The van der Waals surface area contributed by atoms with E-state index in [1.807, 2.05) is 17.5 Å². The van der Waals surface area contributed by atoms with Crippen LogP contribution in [0, 0.1) is 0 Å². The lowest BCUT2D eigenvalue weighted by Crippen LogP contribution is -2.46. The molecule has 2 rings (SSSR count). The Balaban J connectivity index is 1.92. The van der Waals surface area contributed by atoms with Crippen LogP contribution in [-0.2, 0) is 20.8 Å². The lowest BCUT2D eigenvalue weighted by atomic mass is 10.1. The number of hydrogen-bond donors (Lipinski definition) is 1. The second kappa shape index (κ2) is 6.14. The van der Waals surface area contributed by atoms with Crippen molar-refractivity contribution in [2.75, 3.05) is 13.7 Å². The summed E-state index contributed by atoms with van der Waals surface area (Å²) < 4.78 is 10.4. The van der Waals surface area contributed by atoms with E-state index in [-0.39, 0.29) is 18.1 Å². The van der Waals surface area contributed by atoms with Crippen molar-refractivity contribution >= 4 is 17.3 Å². The largest absolute Gasteiger partial charge is 0.468 e. The summed E-state index contributed by atoms with van der Waals surface area (Å²) in [6.45, 7) is 1.41. The van der Waals surface area contributed by atoms with Gasteiger partial charge in [0.05, 0.1) is 13.2 Å². The second-order valence-corrected chi connectivity index (χ2v) is 5.04. The Morgan fingerprint density at radius 2 is 2.65 bits per heavy atom. The summed E-state index contributed by atoms with van der Waals surface area (Å²) in [4.78, 5) is 12.9. The summed E-state index contributed by atoms with van der Waals surface area (Å²) in [5.74, 6) is -0.242. The molecule has 0 bridgehead atoms. The monoisotopic (exact) mass is 255 g/mol. The Labute approximate surface area is 105 Å². The molecule has 0 aromatic carbocycles. The summed E-state index contributed by atoms with van der Waals surface area (Å²) >= 11 is 1.67. The molecule has 5 heteroatoms. The highest BCUT2D eigenvalue weighted by atomic mass is 32.1. The third-order valence-corrected chi connectivity index (χ3v) is 3.74. The molecule has 0 radical (unpaired) electrons. The first-order valence-corrected chi connectivity index (χ1v) is 6.64. The zero-order chi connectivity index (χ0) is 12.1. The van der Waals surface area contributed by atoms with E-state index >= 15 is 0 Å². The topological polar surface area (TPSA) is 47.6 Å². The first-order chi connectivity index (χ1) is 8.31. The Morgan fingerprint density at radius 3 is 3.24 bits per heavy atom. The van der Waals surface area contributed by atoms with Crippen LogP contribution in [0.1, 0.15) is 17.7 Å². The lowest BCUT2D eigenvalue weighted by molar-refractivity contribution is -0.146. The number of nitrogens with one attached hydrogen (secondary N) is 1. The summed E-state index contributed by atoms with van der Waals surface area (Å²) in [7, 11) is 1.41. The first-order valence-electron chi connectivity index (χ1n) is 5.76. The van der Waals surface area contributed by atoms with Crippen molar-refractivity contribution in [3.8, 4) is 0 Å². The highest BCUT2D eigenvalue weighted by molar-refractivity contribution is 7.09. The van der Waals surface area contributed by atoms with Gasteiger partial charge in [-0.3, -0.25) is 10.1 Å². The van der Waals surface area contributed by atoms with E-state index in [0.717, 1.165) is 19.4 Å². The number of thiophene rings is 1. The van der Waals surface area contributed by atoms with Gasteiger partial charge in [0.2, 0.25) is 0 Å². The van der Waals surface area contributed by atoms with Crippen LogP contribution in [0.2, 0.25) is 0 Å². The minimum absolute atomic E-state index is 0.0533. The quantitative estimate of drug-likeness (QED) is 0.811. The summed E-state index contributed by atoms with van der Waals surface area (Å²) in [5, 5.41) is 5.25. The maximum absolute atomic E-state index is 11.7. The molecule has 0 spiro atoms. The van der Waals surface area contributed by atoms with Gasteiger partial charge < -0.3 is 9.47 Å². The second-order valence-electron chi connectivity index (χ2n) is 4.01. The first kappa shape index (κ1) is 12.5. The molecule has 1 aliphatic heterocycles. The molecule has 1 N–H and O–H groups in total. The van der Waals surface area contributed by atoms with Crippen molar-refractivity contribution in [3.63, 3.8) is 0 Å². The molecule has 0 aliphatic carbocycles. The number of carbonyl (C=O) groups excluding carboxylic acids is 1. The van der Waals surface area contributed by atoms with E-state index in [2.05, 4.69) is 5.32 Å². The van der Waals surface area contributed by atoms with Gasteiger partial charge in [0.25, 0.3) is 0 Å². The zero-order valence-electron chi connectivity index (χ0n) is 9.85. The fraction of sp³-hybridized carbons (Fsp3) is 0.583. The number of hydrogen-bond acceptors (Lipinski definition) is 5. The SMILES string of the molecule is COC(=O)C(NCc1cccs1)C1CCCO1. The Bertz CT molecular complexity index is 347. The van der Waals surface area contributed by atoms with Gasteiger partial charge in [0, 0.05) is 18.0 Å². The fourth-order valence-corrected chi connectivity index (χ4v) is 2.64. The van der Waals surface area contributed by atoms with Crippen LogP contribution < -0.4 is 5.32 Å². The van der Waals surface area contributed by atoms with Gasteiger partial charge in [-0.2, -0.15) is 0 Å². The van der Waals surface area contributed by atoms with E-state index < -0.39 is 0 Å². The molecule has 1 aromatic rings. The van der Waals surface area contributed by atoms with E-state index in [4.69, 9.17) is 9.47 Å². The van der Waals surface area contributed by atoms with E-state index in [9.17, 15) is 4.79 Å². The van der Waals surface area contributed by atoms with Gasteiger partial charge in [-0.05, 0) is 24.3 Å². The maximum Gasteiger partial charge on any atom is 0.325 e. The molecule has 1 aromatic heterocycles. The molecule has 2 unspecified atom stereocenters. The smallest absolute Gasteiger partial charge is 0.325 e. The Morgan fingerprint density at radius 1 is 1.76 bits per heavy atom. The zero-order valence-corrected chi connectivity index (χ0v) is 10.7. The maximum atomic E-state index is 11.7. The minimum Gasteiger partial charge on any atom is -0.468 e. The molecule has 17 heavy (non-hydrogen) atoms.